The summed E-state index contributed by atoms with van der Waals surface area (Å²) in [6.45, 7) is 1.74. The van der Waals surface area contributed by atoms with Gasteiger partial charge in [-0.3, -0.25) is 4.79 Å². The Kier molecular flexibility index (Phi) is 4.28. The van der Waals surface area contributed by atoms with Gasteiger partial charge in [-0.1, -0.05) is 12.1 Å². The molecule has 3 rings (SSSR count). The summed E-state index contributed by atoms with van der Waals surface area (Å²) >= 11 is 1.66. The molecule has 0 atom stereocenters. The van der Waals surface area contributed by atoms with E-state index in [-0.39, 0.29) is 11.9 Å². The van der Waals surface area contributed by atoms with Gasteiger partial charge in [0.1, 0.15) is 0 Å². The summed E-state index contributed by atoms with van der Waals surface area (Å²) < 4.78 is 11.8. The largest absolute Gasteiger partial charge is 0.465 e. The first-order chi connectivity index (χ1) is 9.83. The Labute approximate surface area is 121 Å². The molecule has 0 unspecified atom stereocenters. The van der Waals surface area contributed by atoms with Gasteiger partial charge in [-0.25, -0.2) is 4.98 Å². The zero-order valence-electron chi connectivity index (χ0n) is 11.2. The number of carbonyl (C=O) groups excluding carboxylic acids is 1. The van der Waals surface area contributed by atoms with Crippen LogP contribution in [0.5, 0.6) is 0 Å². The quantitative estimate of drug-likeness (QED) is 0.813. The maximum absolute atomic E-state index is 11.9. The van der Waals surface area contributed by atoms with Crippen molar-refractivity contribution in [3.8, 4) is 0 Å². The van der Waals surface area contributed by atoms with Gasteiger partial charge in [-0.2, -0.15) is 0 Å². The normalized spacial score (nSPS) is 16.4. The summed E-state index contributed by atoms with van der Waals surface area (Å²) in [6.07, 6.45) is 2.24. The average Bonchev–Trinajstić information content (AvgIpc) is 2.90. The van der Waals surface area contributed by atoms with E-state index in [9.17, 15) is 4.79 Å². The van der Waals surface area contributed by atoms with Crippen LogP contribution in [0.3, 0.4) is 0 Å². The van der Waals surface area contributed by atoms with Crippen molar-refractivity contribution in [3.63, 3.8) is 0 Å². The van der Waals surface area contributed by atoms with Crippen molar-refractivity contribution >= 4 is 27.5 Å². The van der Waals surface area contributed by atoms with E-state index in [4.69, 9.17) is 9.47 Å². The minimum Gasteiger partial charge on any atom is -0.465 e. The smallest absolute Gasteiger partial charge is 0.309 e. The maximum Gasteiger partial charge on any atom is 0.309 e. The molecule has 0 spiro atoms. The van der Waals surface area contributed by atoms with E-state index in [0.29, 0.717) is 26.2 Å². The number of nitrogens with zero attached hydrogens (tertiary/aromatic N) is 1. The number of thiazole rings is 1. The molecule has 0 bridgehead atoms. The lowest BCUT2D eigenvalue weighted by atomic mass is 10.0. The molecule has 1 aliphatic heterocycles. The Morgan fingerprint density at radius 3 is 2.95 bits per heavy atom. The second-order valence-electron chi connectivity index (χ2n) is 4.88. The molecule has 0 amide bonds. The number of ether oxygens (including phenoxy) is 2. The number of esters is 1. The van der Waals surface area contributed by atoms with Gasteiger partial charge in [0.05, 0.1) is 27.7 Å². The lowest BCUT2D eigenvalue weighted by Crippen LogP contribution is -2.25. The minimum atomic E-state index is -0.0885. The predicted octanol–water partition coefficient (Wildman–Crippen LogP) is 2.81. The van der Waals surface area contributed by atoms with E-state index in [1.807, 2.05) is 18.2 Å². The predicted molar refractivity (Wildman–Crippen MR) is 77.8 cm³/mol. The third-order valence-electron chi connectivity index (χ3n) is 3.45. The highest BCUT2D eigenvalue weighted by atomic mass is 32.1. The molecule has 20 heavy (non-hydrogen) atoms. The number of carbonyl (C=O) groups is 1. The summed E-state index contributed by atoms with van der Waals surface area (Å²) in [5.41, 5.74) is 1.02. The van der Waals surface area contributed by atoms with Crippen molar-refractivity contribution in [2.45, 2.75) is 19.3 Å². The summed E-state index contributed by atoms with van der Waals surface area (Å²) in [6, 6.07) is 8.06. The molecular weight excluding hydrogens is 274 g/mol. The van der Waals surface area contributed by atoms with E-state index in [1.54, 1.807) is 11.3 Å². The molecule has 1 aromatic heterocycles. The Bertz CT molecular complexity index is 557. The van der Waals surface area contributed by atoms with Gasteiger partial charge in [-0.15, -0.1) is 11.3 Å². The van der Waals surface area contributed by atoms with Gasteiger partial charge in [0.2, 0.25) is 0 Å². The van der Waals surface area contributed by atoms with Crippen LogP contribution in [-0.2, 0) is 20.7 Å². The highest BCUT2D eigenvalue weighted by molar-refractivity contribution is 7.18. The van der Waals surface area contributed by atoms with Gasteiger partial charge in [0.15, 0.2) is 0 Å². The van der Waals surface area contributed by atoms with Crippen LogP contribution < -0.4 is 0 Å². The molecule has 0 aliphatic carbocycles. The molecule has 1 aromatic carbocycles. The van der Waals surface area contributed by atoms with Crippen molar-refractivity contribution in [3.05, 3.63) is 29.3 Å². The fraction of sp³-hybridized carbons (Fsp3) is 0.467. The van der Waals surface area contributed by atoms with Crippen molar-refractivity contribution < 1.29 is 14.3 Å². The van der Waals surface area contributed by atoms with Crippen molar-refractivity contribution in [2.75, 3.05) is 19.8 Å². The fourth-order valence-corrected chi connectivity index (χ4v) is 3.27. The molecule has 2 heterocycles. The van der Waals surface area contributed by atoms with Gasteiger partial charge in [0, 0.05) is 19.6 Å². The maximum atomic E-state index is 11.9. The molecule has 1 saturated heterocycles. The molecule has 0 radical (unpaired) electrons. The first-order valence-electron chi connectivity index (χ1n) is 6.92. The van der Waals surface area contributed by atoms with Crippen LogP contribution in [0.1, 0.15) is 17.8 Å². The lowest BCUT2D eigenvalue weighted by Gasteiger charge is -2.20. The second kappa shape index (κ2) is 6.33. The molecule has 0 N–H and O–H groups in total. The van der Waals surface area contributed by atoms with Crippen LogP contribution in [0.25, 0.3) is 10.2 Å². The second-order valence-corrected chi connectivity index (χ2v) is 5.99. The molecule has 1 fully saturated rings. The molecule has 5 heteroatoms. The number of aromatic nitrogens is 1. The molecule has 4 nitrogen and oxygen atoms in total. The number of rotatable bonds is 4. The molecule has 1 aliphatic rings. The SMILES string of the molecule is O=C(OCCc1nc2ccccc2s1)C1CCOCC1. The third kappa shape index (κ3) is 3.16. The van der Waals surface area contributed by atoms with E-state index in [2.05, 4.69) is 11.1 Å². The summed E-state index contributed by atoms with van der Waals surface area (Å²) in [7, 11) is 0. The van der Waals surface area contributed by atoms with E-state index >= 15 is 0 Å². The van der Waals surface area contributed by atoms with Gasteiger partial charge in [0.25, 0.3) is 0 Å². The fourth-order valence-electron chi connectivity index (χ4n) is 2.32. The zero-order valence-corrected chi connectivity index (χ0v) is 12.0. The van der Waals surface area contributed by atoms with Crippen molar-refractivity contribution in [2.24, 2.45) is 5.92 Å². The number of para-hydroxylation sites is 1. The molecule has 0 saturated carbocycles. The van der Waals surface area contributed by atoms with E-state index < -0.39 is 0 Å². The first-order valence-corrected chi connectivity index (χ1v) is 7.73. The lowest BCUT2D eigenvalue weighted by molar-refractivity contribution is -0.151. The van der Waals surface area contributed by atoms with Gasteiger partial charge < -0.3 is 9.47 Å². The van der Waals surface area contributed by atoms with E-state index in [1.165, 1.54) is 4.70 Å². The van der Waals surface area contributed by atoms with Crippen molar-refractivity contribution in [1.29, 1.82) is 0 Å². The number of benzene rings is 1. The number of hydrogen-bond donors (Lipinski definition) is 0. The summed E-state index contributed by atoms with van der Waals surface area (Å²) in [4.78, 5) is 16.4. The zero-order chi connectivity index (χ0) is 13.8. The van der Waals surface area contributed by atoms with Gasteiger partial charge >= 0.3 is 5.97 Å². The molecular formula is C15H17NO3S. The third-order valence-corrected chi connectivity index (χ3v) is 4.55. The van der Waals surface area contributed by atoms with E-state index in [0.717, 1.165) is 23.4 Å². The Hall–Kier alpha value is -1.46. The Morgan fingerprint density at radius 2 is 2.15 bits per heavy atom. The van der Waals surface area contributed by atoms with Crippen LogP contribution in [0, 0.1) is 5.92 Å². The van der Waals surface area contributed by atoms with Crippen LogP contribution >= 0.6 is 11.3 Å². The summed E-state index contributed by atoms with van der Waals surface area (Å²) in [5, 5.41) is 1.02. The Balaban J connectivity index is 1.50. The molecule has 2 aromatic rings. The van der Waals surface area contributed by atoms with Crippen LogP contribution in [-0.4, -0.2) is 30.8 Å². The van der Waals surface area contributed by atoms with Gasteiger partial charge in [-0.05, 0) is 25.0 Å². The number of hydrogen-bond acceptors (Lipinski definition) is 5. The van der Waals surface area contributed by atoms with Crippen LogP contribution in [0.4, 0.5) is 0 Å². The van der Waals surface area contributed by atoms with Crippen molar-refractivity contribution in [1.82, 2.24) is 4.98 Å². The highest BCUT2D eigenvalue weighted by Crippen LogP contribution is 2.22. The van der Waals surface area contributed by atoms with Crippen LogP contribution in [0.15, 0.2) is 24.3 Å². The summed E-state index contributed by atoms with van der Waals surface area (Å²) in [5.74, 6) is -0.0754. The topological polar surface area (TPSA) is 48.4 Å². The van der Waals surface area contributed by atoms with Crippen LogP contribution in [0.2, 0.25) is 0 Å². The first kappa shape index (κ1) is 13.5. The highest BCUT2D eigenvalue weighted by Gasteiger charge is 2.22. The monoisotopic (exact) mass is 291 g/mol. The number of fused-ring (bicyclic) bond motifs is 1. The minimum absolute atomic E-state index is 0.0131. The average molecular weight is 291 g/mol. The Morgan fingerprint density at radius 1 is 1.35 bits per heavy atom. The standard InChI is InChI=1S/C15H17NO3S/c17-15(11-5-8-18-9-6-11)19-10-7-14-16-12-3-1-2-4-13(12)20-14/h1-4,11H,5-10H2. The molecule has 106 valence electrons.